The number of carbonyl (C=O) groups excluding carboxylic acids is 1. The molecule has 4 heterocycles. The number of alkyl halides is 1. The fourth-order valence-corrected chi connectivity index (χ4v) is 3.55. The van der Waals surface area contributed by atoms with Crippen LogP contribution in [-0.2, 0) is 0 Å². The second-order valence-corrected chi connectivity index (χ2v) is 8.55. The van der Waals surface area contributed by atoms with Gasteiger partial charge in [-0.25, -0.2) is 8.91 Å². The fraction of sp³-hybridized carbons (Fsp3) is 0.227. The van der Waals surface area contributed by atoms with Crippen LogP contribution in [0.3, 0.4) is 0 Å². The summed E-state index contributed by atoms with van der Waals surface area (Å²) in [6, 6.07) is 9.10. The number of hydrogen-bond donors (Lipinski definition) is 3. The van der Waals surface area contributed by atoms with E-state index in [0.717, 1.165) is 5.52 Å². The number of nitrogens with zero attached hydrogens (tertiary/aromatic N) is 5. The second-order valence-electron chi connectivity index (χ2n) is 7.90. The summed E-state index contributed by atoms with van der Waals surface area (Å²) in [4.78, 5) is 17.2. The van der Waals surface area contributed by atoms with E-state index in [2.05, 4.69) is 31.2 Å². The SMILES string of the molecule is CC(C)(O)[C@H](F)CNC(=O)c1cnc(-c2ccc3cc(C#N)cnn23)cc1Nc1cnsc1. The standard InChI is InChI=1S/C22H20FN7O2S/c1-22(2,32)20(23)11-26-21(31)16-10-25-18(6-17(16)29-14-9-28-33-12-14)19-4-3-15-5-13(7-24)8-27-30(15)19/h3-6,8-10,12,20,32H,11H2,1-2H3,(H,25,29)(H,26,31)/t20-/m1/s1. The lowest BCUT2D eigenvalue weighted by atomic mass is 10.0. The number of nitrogens with one attached hydrogen (secondary N) is 2. The molecule has 9 nitrogen and oxygen atoms in total. The van der Waals surface area contributed by atoms with Crippen molar-refractivity contribution in [1.29, 1.82) is 5.26 Å². The molecule has 0 saturated heterocycles. The first-order valence-corrected chi connectivity index (χ1v) is 10.8. The number of fused-ring (bicyclic) bond motifs is 1. The van der Waals surface area contributed by atoms with E-state index >= 15 is 0 Å². The molecule has 0 aliphatic rings. The van der Waals surface area contributed by atoms with Gasteiger partial charge in [-0.1, -0.05) is 0 Å². The van der Waals surface area contributed by atoms with Crippen molar-refractivity contribution < 1.29 is 14.3 Å². The van der Waals surface area contributed by atoms with Gasteiger partial charge in [0.15, 0.2) is 0 Å². The smallest absolute Gasteiger partial charge is 0.255 e. The van der Waals surface area contributed by atoms with Crippen LogP contribution in [0.2, 0.25) is 0 Å². The lowest BCUT2D eigenvalue weighted by Gasteiger charge is -2.22. The number of halogens is 1. The summed E-state index contributed by atoms with van der Waals surface area (Å²) < 4.78 is 19.8. The van der Waals surface area contributed by atoms with Crippen molar-refractivity contribution in [2.24, 2.45) is 0 Å². The van der Waals surface area contributed by atoms with Gasteiger partial charge in [-0.15, -0.1) is 0 Å². The summed E-state index contributed by atoms with van der Waals surface area (Å²) in [7, 11) is 0. The third kappa shape index (κ3) is 4.82. The van der Waals surface area contributed by atoms with Crippen LogP contribution < -0.4 is 10.6 Å². The number of pyridine rings is 1. The van der Waals surface area contributed by atoms with Gasteiger partial charge in [-0.2, -0.15) is 14.7 Å². The number of hydrogen-bond acceptors (Lipinski definition) is 8. The molecule has 4 rings (SSSR count). The van der Waals surface area contributed by atoms with Crippen LogP contribution in [0, 0.1) is 11.3 Å². The Balaban J connectivity index is 1.69. The third-order valence-corrected chi connectivity index (χ3v) is 5.55. The van der Waals surface area contributed by atoms with Gasteiger partial charge >= 0.3 is 0 Å². The second kappa shape index (κ2) is 8.93. The zero-order valence-corrected chi connectivity index (χ0v) is 18.6. The Labute approximate surface area is 192 Å². The van der Waals surface area contributed by atoms with Crippen LogP contribution in [0.15, 0.2) is 48.2 Å². The number of rotatable bonds is 7. The summed E-state index contributed by atoms with van der Waals surface area (Å²) in [5.41, 5.74) is 2.12. The topological polar surface area (TPSA) is 128 Å². The molecule has 0 spiro atoms. The minimum absolute atomic E-state index is 0.202. The first kappa shape index (κ1) is 22.3. The van der Waals surface area contributed by atoms with E-state index in [4.69, 9.17) is 5.26 Å². The van der Waals surface area contributed by atoms with Crippen molar-refractivity contribution in [3.8, 4) is 17.5 Å². The monoisotopic (exact) mass is 465 g/mol. The zero-order chi connectivity index (χ0) is 23.6. The van der Waals surface area contributed by atoms with E-state index in [1.54, 1.807) is 28.2 Å². The number of amides is 1. The van der Waals surface area contributed by atoms with Crippen molar-refractivity contribution >= 4 is 34.3 Å². The minimum atomic E-state index is -1.64. The number of nitriles is 1. The maximum atomic E-state index is 14.1. The molecule has 4 aromatic heterocycles. The molecule has 11 heteroatoms. The van der Waals surface area contributed by atoms with Gasteiger partial charge in [0.1, 0.15) is 12.2 Å². The van der Waals surface area contributed by atoms with E-state index in [0.29, 0.717) is 28.3 Å². The average molecular weight is 466 g/mol. The van der Waals surface area contributed by atoms with E-state index in [1.807, 2.05) is 12.1 Å². The molecule has 33 heavy (non-hydrogen) atoms. The molecule has 3 N–H and O–H groups in total. The van der Waals surface area contributed by atoms with E-state index in [1.165, 1.54) is 37.8 Å². The van der Waals surface area contributed by atoms with Crippen LogP contribution in [0.25, 0.3) is 16.9 Å². The number of carbonyl (C=O) groups is 1. The zero-order valence-electron chi connectivity index (χ0n) is 17.8. The van der Waals surface area contributed by atoms with Gasteiger partial charge in [-0.3, -0.25) is 9.78 Å². The molecular formula is C22H20FN7O2S. The van der Waals surface area contributed by atoms with E-state index < -0.39 is 17.7 Å². The normalized spacial score (nSPS) is 12.3. The lowest BCUT2D eigenvalue weighted by molar-refractivity contribution is -0.00177. The maximum Gasteiger partial charge on any atom is 0.255 e. The van der Waals surface area contributed by atoms with Crippen molar-refractivity contribution in [2.45, 2.75) is 25.6 Å². The van der Waals surface area contributed by atoms with Gasteiger partial charge in [-0.05, 0) is 49.6 Å². The number of aliphatic hydroxyl groups is 1. The highest BCUT2D eigenvalue weighted by atomic mass is 32.1. The highest BCUT2D eigenvalue weighted by Crippen LogP contribution is 2.28. The van der Waals surface area contributed by atoms with Gasteiger partial charge in [0.2, 0.25) is 0 Å². The molecule has 0 radical (unpaired) electrons. The molecule has 0 aliphatic carbocycles. The van der Waals surface area contributed by atoms with Crippen molar-refractivity contribution in [3.63, 3.8) is 0 Å². The first-order valence-electron chi connectivity index (χ1n) is 9.95. The summed E-state index contributed by atoms with van der Waals surface area (Å²) >= 11 is 1.25. The van der Waals surface area contributed by atoms with E-state index in [-0.39, 0.29) is 12.1 Å². The Bertz CT molecular complexity index is 1340. The molecule has 168 valence electrons. The molecule has 0 bridgehead atoms. The van der Waals surface area contributed by atoms with Gasteiger partial charge in [0, 0.05) is 11.6 Å². The molecular weight excluding hydrogens is 445 g/mol. The van der Waals surface area contributed by atoms with Crippen LogP contribution in [0.1, 0.15) is 29.8 Å². The Kier molecular flexibility index (Phi) is 6.04. The first-order chi connectivity index (χ1) is 15.8. The third-order valence-electron chi connectivity index (χ3n) is 4.96. The average Bonchev–Trinajstić information content (AvgIpc) is 3.45. The predicted molar refractivity (Wildman–Crippen MR) is 122 cm³/mol. The Morgan fingerprint density at radius 2 is 2.15 bits per heavy atom. The van der Waals surface area contributed by atoms with Crippen LogP contribution >= 0.6 is 11.5 Å². The van der Waals surface area contributed by atoms with Crippen LogP contribution in [-0.4, -0.2) is 48.3 Å². The molecule has 4 aromatic rings. The summed E-state index contributed by atoms with van der Waals surface area (Å²) in [6.45, 7) is 2.33. The molecule has 0 saturated carbocycles. The lowest BCUT2D eigenvalue weighted by Crippen LogP contribution is -2.42. The molecule has 0 aromatic carbocycles. The van der Waals surface area contributed by atoms with Gasteiger partial charge in [0.05, 0.1) is 63.9 Å². The largest absolute Gasteiger partial charge is 0.387 e. The molecule has 1 amide bonds. The Morgan fingerprint density at radius 1 is 1.33 bits per heavy atom. The van der Waals surface area contributed by atoms with Gasteiger partial charge in [0.25, 0.3) is 5.91 Å². The van der Waals surface area contributed by atoms with Crippen molar-refractivity contribution in [2.75, 3.05) is 11.9 Å². The minimum Gasteiger partial charge on any atom is -0.387 e. The molecule has 0 aliphatic heterocycles. The van der Waals surface area contributed by atoms with Crippen LogP contribution in [0.5, 0.6) is 0 Å². The predicted octanol–water partition coefficient (Wildman–Crippen LogP) is 3.31. The quantitative estimate of drug-likeness (QED) is 0.382. The Hall–Kier alpha value is -3.88. The molecule has 1 atom stereocenters. The molecule has 0 unspecified atom stereocenters. The van der Waals surface area contributed by atoms with Crippen LogP contribution in [0.4, 0.5) is 15.8 Å². The summed E-state index contributed by atoms with van der Waals surface area (Å²) in [5.74, 6) is -0.538. The Morgan fingerprint density at radius 3 is 2.85 bits per heavy atom. The highest BCUT2D eigenvalue weighted by Gasteiger charge is 2.27. The van der Waals surface area contributed by atoms with Gasteiger partial charge < -0.3 is 15.7 Å². The summed E-state index contributed by atoms with van der Waals surface area (Å²) in [5, 5.41) is 30.6. The maximum absolute atomic E-state index is 14.1. The highest BCUT2D eigenvalue weighted by molar-refractivity contribution is 7.04. The fourth-order valence-electron chi connectivity index (χ4n) is 3.08. The molecule has 0 fully saturated rings. The number of anilines is 2. The summed E-state index contributed by atoms with van der Waals surface area (Å²) in [6.07, 6.45) is 2.84. The number of aromatic nitrogens is 4. The van der Waals surface area contributed by atoms with Crippen molar-refractivity contribution in [1.82, 2.24) is 24.3 Å². The van der Waals surface area contributed by atoms with E-state index in [9.17, 15) is 14.3 Å². The van der Waals surface area contributed by atoms with Crippen molar-refractivity contribution in [3.05, 3.63) is 59.4 Å².